The van der Waals surface area contributed by atoms with Crippen LogP contribution in [0.1, 0.15) is 31.4 Å². The van der Waals surface area contributed by atoms with Crippen molar-refractivity contribution in [1.82, 2.24) is 10.2 Å². The minimum absolute atomic E-state index is 0.211. The number of amides is 3. The fraction of sp³-hybridized carbons (Fsp3) is 0.292. The van der Waals surface area contributed by atoms with Crippen molar-refractivity contribution in [2.75, 3.05) is 6.54 Å². The van der Waals surface area contributed by atoms with Gasteiger partial charge in [-0.2, -0.15) is 0 Å². The SMILES string of the molecule is C[C@H](NC(=O)CN1C(=O)[C@H]2CC=CC[C@H]2C1=O)c1ccc(-c2ccccc2)cc1. The lowest BCUT2D eigenvalue weighted by molar-refractivity contribution is -0.143. The highest BCUT2D eigenvalue weighted by molar-refractivity contribution is 6.07. The van der Waals surface area contributed by atoms with Crippen LogP contribution in [0.3, 0.4) is 0 Å². The van der Waals surface area contributed by atoms with Crippen molar-refractivity contribution in [3.63, 3.8) is 0 Å². The number of rotatable bonds is 5. The molecule has 0 spiro atoms. The number of imide groups is 1. The highest BCUT2D eigenvalue weighted by Gasteiger charge is 2.47. The smallest absolute Gasteiger partial charge is 0.240 e. The van der Waals surface area contributed by atoms with E-state index in [-0.39, 0.29) is 42.1 Å². The standard InChI is InChI=1S/C24H24N2O3/c1-16(17-11-13-19(14-12-17)18-7-3-2-4-8-18)25-22(27)15-26-23(28)20-9-5-6-10-21(20)24(26)29/h2-8,11-14,16,20-21H,9-10,15H2,1H3,(H,25,27)/t16-,20-,21+/m0/s1. The van der Waals surface area contributed by atoms with Crippen molar-refractivity contribution >= 4 is 17.7 Å². The molecule has 0 radical (unpaired) electrons. The summed E-state index contributed by atoms with van der Waals surface area (Å²) in [5, 5.41) is 2.90. The molecule has 2 aliphatic rings. The van der Waals surface area contributed by atoms with Gasteiger partial charge in [0.15, 0.2) is 0 Å². The molecular weight excluding hydrogens is 364 g/mol. The Morgan fingerprint density at radius 3 is 2.07 bits per heavy atom. The van der Waals surface area contributed by atoms with Crippen molar-refractivity contribution in [3.05, 3.63) is 72.3 Å². The summed E-state index contributed by atoms with van der Waals surface area (Å²) in [7, 11) is 0. The molecule has 2 aromatic carbocycles. The van der Waals surface area contributed by atoms with Crippen LogP contribution in [-0.4, -0.2) is 29.2 Å². The van der Waals surface area contributed by atoms with Crippen molar-refractivity contribution in [1.29, 1.82) is 0 Å². The third kappa shape index (κ3) is 3.86. The van der Waals surface area contributed by atoms with Crippen molar-refractivity contribution in [2.24, 2.45) is 11.8 Å². The highest BCUT2D eigenvalue weighted by atomic mass is 16.2. The summed E-state index contributed by atoms with van der Waals surface area (Å²) in [4.78, 5) is 38.6. The average molecular weight is 388 g/mol. The molecule has 3 amide bonds. The van der Waals surface area contributed by atoms with Gasteiger partial charge in [-0.25, -0.2) is 0 Å². The summed E-state index contributed by atoms with van der Waals surface area (Å²) in [6.07, 6.45) is 5.04. The van der Waals surface area contributed by atoms with E-state index in [9.17, 15) is 14.4 Å². The fourth-order valence-corrected chi connectivity index (χ4v) is 4.13. The van der Waals surface area contributed by atoms with Crippen LogP contribution in [0.25, 0.3) is 11.1 Å². The molecule has 1 aliphatic carbocycles. The van der Waals surface area contributed by atoms with Gasteiger partial charge in [0.2, 0.25) is 17.7 Å². The van der Waals surface area contributed by atoms with Crippen LogP contribution in [-0.2, 0) is 14.4 Å². The Kier molecular flexibility index (Phi) is 5.30. The van der Waals surface area contributed by atoms with E-state index in [1.165, 1.54) is 0 Å². The van der Waals surface area contributed by atoms with Crippen molar-refractivity contribution in [3.8, 4) is 11.1 Å². The molecular formula is C24H24N2O3. The number of carbonyl (C=O) groups excluding carboxylic acids is 3. The van der Waals surface area contributed by atoms with E-state index in [1.807, 2.05) is 61.5 Å². The molecule has 148 valence electrons. The summed E-state index contributed by atoms with van der Waals surface area (Å²) in [6, 6.07) is 17.9. The lowest BCUT2D eigenvalue weighted by Gasteiger charge is -2.18. The Morgan fingerprint density at radius 1 is 0.931 bits per heavy atom. The number of fused-ring (bicyclic) bond motifs is 1. The van der Waals surface area contributed by atoms with Crippen LogP contribution < -0.4 is 5.32 Å². The van der Waals surface area contributed by atoms with Gasteiger partial charge >= 0.3 is 0 Å². The molecule has 3 atom stereocenters. The fourth-order valence-electron chi connectivity index (χ4n) is 4.13. The Balaban J connectivity index is 1.37. The number of likely N-dealkylation sites (tertiary alicyclic amines) is 1. The third-order valence-corrected chi connectivity index (χ3v) is 5.80. The summed E-state index contributed by atoms with van der Waals surface area (Å²) < 4.78 is 0. The van der Waals surface area contributed by atoms with E-state index in [4.69, 9.17) is 0 Å². The molecule has 0 bridgehead atoms. The van der Waals surface area contributed by atoms with Gasteiger partial charge in [-0.15, -0.1) is 0 Å². The lowest BCUT2D eigenvalue weighted by atomic mass is 9.85. The van der Waals surface area contributed by atoms with Gasteiger partial charge in [-0.05, 0) is 36.5 Å². The van der Waals surface area contributed by atoms with Crippen LogP contribution in [0.15, 0.2) is 66.7 Å². The molecule has 1 N–H and O–H groups in total. The number of nitrogens with one attached hydrogen (secondary N) is 1. The predicted molar refractivity (Wildman–Crippen MR) is 111 cm³/mol. The van der Waals surface area contributed by atoms with Crippen LogP contribution in [0.4, 0.5) is 0 Å². The minimum atomic E-state index is -0.321. The number of hydrogen-bond acceptors (Lipinski definition) is 3. The monoisotopic (exact) mass is 388 g/mol. The van der Waals surface area contributed by atoms with E-state index in [0.717, 1.165) is 21.6 Å². The second-order valence-electron chi connectivity index (χ2n) is 7.70. The maximum absolute atomic E-state index is 12.5. The van der Waals surface area contributed by atoms with Gasteiger partial charge in [0, 0.05) is 0 Å². The minimum Gasteiger partial charge on any atom is -0.348 e. The Morgan fingerprint density at radius 2 is 1.48 bits per heavy atom. The first-order chi connectivity index (χ1) is 14.0. The average Bonchev–Trinajstić information content (AvgIpc) is 2.99. The predicted octanol–water partition coefficient (Wildman–Crippen LogP) is 3.48. The second kappa shape index (κ2) is 8.03. The second-order valence-corrected chi connectivity index (χ2v) is 7.70. The first-order valence-electron chi connectivity index (χ1n) is 9.99. The quantitative estimate of drug-likeness (QED) is 0.630. The molecule has 5 heteroatoms. The Hall–Kier alpha value is -3.21. The number of carbonyl (C=O) groups is 3. The van der Waals surface area contributed by atoms with Gasteiger partial charge in [-0.1, -0.05) is 66.7 Å². The Labute approximate surface area is 170 Å². The molecule has 0 unspecified atom stereocenters. The summed E-state index contributed by atoms with van der Waals surface area (Å²) >= 11 is 0. The lowest BCUT2D eigenvalue weighted by Crippen LogP contribution is -2.41. The van der Waals surface area contributed by atoms with Gasteiger partial charge < -0.3 is 5.32 Å². The van der Waals surface area contributed by atoms with E-state index in [2.05, 4.69) is 17.4 Å². The maximum Gasteiger partial charge on any atom is 0.240 e. The first kappa shape index (κ1) is 19.1. The largest absolute Gasteiger partial charge is 0.348 e. The number of nitrogens with zero attached hydrogens (tertiary/aromatic N) is 1. The van der Waals surface area contributed by atoms with Gasteiger partial charge in [0.05, 0.1) is 17.9 Å². The molecule has 29 heavy (non-hydrogen) atoms. The normalized spacial score (nSPS) is 21.8. The van der Waals surface area contributed by atoms with Crippen molar-refractivity contribution in [2.45, 2.75) is 25.8 Å². The molecule has 1 fully saturated rings. The molecule has 1 aliphatic heterocycles. The van der Waals surface area contributed by atoms with E-state index in [0.29, 0.717) is 12.8 Å². The van der Waals surface area contributed by atoms with Crippen molar-refractivity contribution < 1.29 is 14.4 Å². The molecule has 1 heterocycles. The van der Waals surface area contributed by atoms with Crippen LogP contribution in [0.2, 0.25) is 0 Å². The summed E-state index contributed by atoms with van der Waals surface area (Å²) in [6.45, 7) is 1.68. The summed E-state index contributed by atoms with van der Waals surface area (Å²) in [5.41, 5.74) is 3.21. The molecule has 0 saturated carbocycles. The molecule has 1 saturated heterocycles. The third-order valence-electron chi connectivity index (χ3n) is 5.80. The topological polar surface area (TPSA) is 66.5 Å². The molecule has 2 aromatic rings. The zero-order chi connectivity index (χ0) is 20.4. The van der Waals surface area contributed by atoms with Crippen LogP contribution >= 0.6 is 0 Å². The van der Waals surface area contributed by atoms with E-state index < -0.39 is 0 Å². The van der Waals surface area contributed by atoms with Crippen LogP contribution in [0, 0.1) is 11.8 Å². The zero-order valence-electron chi connectivity index (χ0n) is 16.4. The molecule has 0 aromatic heterocycles. The maximum atomic E-state index is 12.5. The summed E-state index contributed by atoms with van der Waals surface area (Å²) in [5.74, 6) is -1.37. The Bertz CT molecular complexity index is 924. The van der Waals surface area contributed by atoms with E-state index in [1.54, 1.807) is 0 Å². The van der Waals surface area contributed by atoms with E-state index >= 15 is 0 Å². The number of hydrogen-bond donors (Lipinski definition) is 1. The molecule has 4 rings (SSSR count). The number of benzene rings is 2. The molecule has 5 nitrogen and oxygen atoms in total. The van der Waals surface area contributed by atoms with Gasteiger partial charge in [-0.3, -0.25) is 19.3 Å². The van der Waals surface area contributed by atoms with Gasteiger partial charge in [0.1, 0.15) is 6.54 Å². The zero-order valence-corrected chi connectivity index (χ0v) is 16.4. The first-order valence-corrected chi connectivity index (χ1v) is 9.99. The highest BCUT2D eigenvalue weighted by Crippen LogP contribution is 2.34. The number of allylic oxidation sites excluding steroid dienone is 2. The van der Waals surface area contributed by atoms with Gasteiger partial charge in [0.25, 0.3) is 0 Å². The van der Waals surface area contributed by atoms with Crippen LogP contribution in [0.5, 0.6) is 0 Å².